The van der Waals surface area contributed by atoms with E-state index in [0.717, 1.165) is 25.0 Å². The lowest BCUT2D eigenvalue weighted by Crippen LogP contribution is -2.61. The predicted molar refractivity (Wildman–Crippen MR) is 318 cm³/mol. The Balaban J connectivity index is 1.11. The molecule has 4 heteroatoms. The van der Waals surface area contributed by atoms with E-state index in [9.17, 15) is 0 Å². The molecule has 2 unspecified atom stereocenters. The molecule has 3 nitrogen and oxygen atoms in total. The van der Waals surface area contributed by atoms with Crippen molar-refractivity contribution in [3.63, 3.8) is 0 Å². The molecule has 10 aromatic rings. The molecule has 16 rings (SSSR count). The van der Waals surface area contributed by atoms with Crippen LogP contribution in [0.3, 0.4) is 0 Å². The van der Waals surface area contributed by atoms with Gasteiger partial charge in [0.25, 0.3) is 0 Å². The van der Waals surface area contributed by atoms with Crippen molar-refractivity contribution in [2.45, 2.75) is 115 Å². The number of hydrogen-bond acceptors (Lipinski definition) is 2. The van der Waals surface area contributed by atoms with E-state index in [-0.39, 0.29) is 40.5 Å². The Labute approximate surface area is 448 Å². The van der Waals surface area contributed by atoms with E-state index in [0.29, 0.717) is 0 Å². The zero-order valence-corrected chi connectivity index (χ0v) is 45.3. The molecule has 2 atom stereocenters. The van der Waals surface area contributed by atoms with Crippen LogP contribution in [0.15, 0.2) is 170 Å². The zero-order chi connectivity index (χ0) is 51.5. The van der Waals surface area contributed by atoms with Crippen LogP contribution in [0.25, 0.3) is 60.9 Å². The first-order valence-electron chi connectivity index (χ1n) is 28.0. The Kier molecular flexibility index (Phi) is 8.76. The number of anilines is 2. The quantitative estimate of drug-likeness (QED) is 0.164. The second kappa shape index (κ2) is 14.9. The first kappa shape index (κ1) is 44.7. The van der Waals surface area contributed by atoms with Crippen LogP contribution in [0.1, 0.15) is 143 Å². The fourth-order valence-corrected chi connectivity index (χ4v) is 15.6. The van der Waals surface area contributed by atoms with Crippen LogP contribution in [-0.4, -0.2) is 11.4 Å². The van der Waals surface area contributed by atoms with Crippen molar-refractivity contribution in [1.29, 1.82) is 0 Å². The van der Waals surface area contributed by atoms with Gasteiger partial charge in [-0.2, -0.15) is 0 Å². The highest BCUT2D eigenvalue weighted by Crippen LogP contribution is 2.61. The molecule has 0 saturated carbocycles. The molecule has 76 heavy (non-hydrogen) atoms. The summed E-state index contributed by atoms with van der Waals surface area (Å²) in [7, 11) is 0. The normalized spacial score (nSPS) is 19.1. The second-order valence-corrected chi connectivity index (χ2v) is 26.2. The van der Waals surface area contributed by atoms with E-state index >= 15 is 0 Å². The number of benzene rings is 9. The maximum atomic E-state index is 7.50. The number of nitrogens with zero attached hydrogens (tertiary/aromatic N) is 2. The molecule has 0 fully saturated rings. The fourth-order valence-electron chi connectivity index (χ4n) is 15.6. The lowest BCUT2D eigenvalue weighted by atomic mass is 9.43. The number of hydrogen-bond donors (Lipinski definition) is 0. The van der Waals surface area contributed by atoms with E-state index in [1.165, 1.54) is 139 Å². The van der Waals surface area contributed by atoms with E-state index in [1.54, 1.807) is 0 Å². The Morgan fingerprint density at radius 2 is 1.22 bits per heavy atom. The van der Waals surface area contributed by atoms with E-state index in [4.69, 9.17) is 4.74 Å². The SMILES string of the molecule is CC(C)(C)c1ccc(N2B3c4cc5c(cc4-n4c6cc7c(cc6c6c8c(c(c3c64)-c3cc4c(cc32)Cc2ccccc2-4)C(C)(C)c2ccccc2-8)C(C)(C)CCC7(C)C)C(c2ccccc2)C(c2ccccc2)O5)cc1. The summed E-state index contributed by atoms with van der Waals surface area (Å²) in [4.78, 5) is 2.76. The molecule has 0 bridgehead atoms. The summed E-state index contributed by atoms with van der Waals surface area (Å²) >= 11 is 0. The van der Waals surface area contributed by atoms with Gasteiger partial charge in [0, 0.05) is 44.4 Å². The summed E-state index contributed by atoms with van der Waals surface area (Å²) in [5.41, 5.74) is 30.8. The second-order valence-electron chi connectivity index (χ2n) is 26.2. The molecule has 0 spiro atoms. The van der Waals surface area contributed by atoms with Crippen LogP contribution in [0.5, 0.6) is 5.75 Å². The molecule has 0 N–H and O–H groups in total. The van der Waals surface area contributed by atoms with Crippen LogP contribution in [0.4, 0.5) is 11.4 Å². The van der Waals surface area contributed by atoms with E-state index in [1.807, 2.05) is 0 Å². The number of rotatable bonds is 3. The average molecular weight is 983 g/mol. The molecular weight excluding hydrogens is 920 g/mol. The minimum absolute atomic E-state index is 0.00397. The van der Waals surface area contributed by atoms with Gasteiger partial charge in [0.2, 0.25) is 0 Å². The summed E-state index contributed by atoms with van der Waals surface area (Å²) in [5.74, 6) is 0.974. The van der Waals surface area contributed by atoms with E-state index < -0.39 is 0 Å². The van der Waals surface area contributed by atoms with Gasteiger partial charge < -0.3 is 14.1 Å². The van der Waals surface area contributed by atoms with Gasteiger partial charge in [0.1, 0.15) is 11.9 Å². The number of fused-ring (bicyclic) bond motifs is 18. The number of ether oxygens (including phenoxy) is 1. The minimum Gasteiger partial charge on any atom is -0.484 e. The predicted octanol–water partition coefficient (Wildman–Crippen LogP) is 16.8. The summed E-state index contributed by atoms with van der Waals surface area (Å²) < 4.78 is 10.3. The molecule has 1 aromatic heterocycles. The largest absolute Gasteiger partial charge is 0.484 e. The average Bonchev–Trinajstić information content (AvgIpc) is 4.32. The summed E-state index contributed by atoms with van der Waals surface area (Å²) in [6.45, 7) is 21.8. The van der Waals surface area contributed by atoms with Gasteiger partial charge >= 0.3 is 6.85 Å². The Bertz CT molecular complexity index is 4190. The van der Waals surface area contributed by atoms with Gasteiger partial charge in [-0.25, -0.2) is 0 Å². The van der Waals surface area contributed by atoms with Crippen molar-refractivity contribution in [2.75, 3.05) is 4.81 Å². The Morgan fingerprint density at radius 3 is 1.95 bits per heavy atom. The van der Waals surface area contributed by atoms with Crippen LogP contribution in [0, 0.1) is 0 Å². The van der Waals surface area contributed by atoms with Gasteiger partial charge in [-0.05, 0) is 173 Å². The number of aromatic nitrogens is 1. The Morgan fingerprint density at radius 1 is 0.566 bits per heavy atom. The minimum atomic E-state index is -0.293. The third kappa shape index (κ3) is 5.80. The highest BCUT2D eigenvalue weighted by atomic mass is 16.5. The van der Waals surface area contributed by atoms with Gasteiger partial charge in [-0.1, -0.05) is 184 Å². The summed E-state index contributed by atoms with van der Waals surface area (Å²) in [5, 5.41) is 2.77. The van der Waals surface area contributed by atoms with E-state index in [2.05, 4.69) is 242 Å². The molecule has 4 heterocycles. The molecule has 0 radical (unpaired) electrons. The highest BCUT2D eigenvalue weighted by Gasteiger charge is 2.52. The van der Waals surface area contributed by atoms with Crippen molar-refractivity contribution in [3.05, 3.63) is 225 Å². The third-order valence-corrected chi connectivity index (χ3v) is 19.6. The van der Waals surface area contributed by atoms with Crippen molar-refractivity contribution in [2.24, 2.45) is 0 Å². The van der Waals surface area contributed by atoms with Crippen molar-refractivity contribution >= 4 is 51.0 Å². The Hall–Kier alpha value is -7.56. The maximum absolute atomic E-state index is 7.50. The monoisotopic (exact) mass is 983 g/mol. The van der Waals surface area contributed by atoms with Gasteiger partial charge in [0.15, 0.2) is 0 Å². The first-order valence-corrected chi connectivity index (χ1v) is 28.0. The lowest BCUT2D eigenvalue weighted by Gasteiger charge is -2.44. The summed E-state index contributed by atoms with van der Waals surface area (Å²) in [6, 6.07) is 65.9. The molecule has 0 amide bonds. The van der Waals surface area contributed by atoms with Crippen LogP contribution in [-0.2, 0) is 28.1 Å². The van der Waals surface area contributed by atoms with Gasteiger partial charge in [-0.15, -0.1) is 0 Å². The smallest absolute Gasteiger partial charge is 0.333 e. The van der Waals surface area contributed by atoms with Crippen molar-refractivity contribution in [1.82, 2.24) is 4.57 Å². The van der Waals surface area contributed by atoms with Crippen LogP contribution >= 0.6 is 0 Å². The topological polar surface area (TPSA) is 17.4 Å². The molecule has 6 aliphatic rings. The first-order chi connectivity index (χ1) is 36.6. The standard InChI is InChI=1S/C72H63BN2O/c1-69(2,3)45-28-30-46(31-29-45)75-58-35-44-34-43-24-16-17-25-47(43)49(44)36-50(58)64-65-62(48-26-18-19-27-53(48)72(65,8)9)63-51-37-54-55(71(6,7)33-32-70(54,4)5)39-57(51)74-59-38-52-60(40-56(59)73(75)66(64)67(63)74)76-68(42-22-14-11-15-23-42)61(52)41-20-12-10-13-21-41/h10-31,35-40,61,68H,32-34H2,1-9H3. The van der Waals surface area contributed by atoms with Crippen molar-refractivity contribution in [3.8, 4) is 44.8 Å². The molecule has 3 aliphatic carbocycles. The lowest BCUT2D eigenvalue weighted by molar-refractivity contribution is 0.222. The highest BCUT2D eigenvalue weighted by molar-refractivity contribution is 6.94. The van der Waals surface area contributed by atoms with Gasteiger partial charge in [-0.3, -0.25) is 0 Å². The zero-order valence-electron chi connectivity index (χ0n) is 45.3. The fraction of sp³-hybridized carbons (Fsp3) is 0.250. The van der Waals surface area contributed by atoms with Gasteiger partial charge in [0.05, 0.1) is 17.0 Å². The molecule has 370 valence electrons. The molecule has 3 aliphatic heterocycles. The third-order valence-electron chi connectivity index (χ3n) is 19.6. The molecular formula is C72H63BN2O. The maximum Gasteiger partial charge on any atom is 0.333 e. The molecule has 0 saturated heterocycles. The molecule has 9 aromatic carbocycles. The van der Waals surface area contributed by atoms with Crippen LogP contribution < -0.4 is 20.5 Å². The van der Waals surface area contributed by atoms with Crippen molar-refractivity contribution < 1.29 is 4.74 Å². The van der Waals surface area contributed by atoms with Crippen LogP contribution in [0.2, 0.25) is 0 Å². The summed E-state index contributed by atoms with van der Waals surface area (Å²) in [6.07, 6.45) is 3.05.